The van der Waals surface area contributed by atoms with E-state index in [2.05, 4.69) is 260 Å². The summed E-state index contributed by atoms with van der Waals surface area (Å²) in [5.41, 5.74) is 25.3. The molecule has 0 saturated carbocycles. The zero-order valence-electron chi connectivity index (χ0n) is 46.4. The van der Waals surface area contributed by atoms with Crippen LogP contribution in [0.1, 0.15) is 0 Å². The van der Waals surface area contributed by atoms with Crippen molar-refractivity contribution in [2.45, 2.75) is 0 Å². The van der Waals surface area contributed by atoms with E-state index in [-0.39, 0.29) is 0 Å². The number of imidazole rings is 2. The predicted molar refractivity (Wildman–Crippen MR) is 341 cm³/mol. The van der Waals surface area contributed by atoms with Crippen LogP contribution in [0.25, 0.3) is 67.4 Å². The normalized spacial score (nSPS) is 13.2. The molecule has 16 rings (SSSR count). The van der Waals surface area contributed by atoms with Crippen molar-refractivity contribution < 1.29 is 0 Å². The second-order valence-electron chi connectivity index (χ2n) is 21.5. The van der Waals surface area contributed by atoms with E-state index in [0.29, 0.717) is 0 Å². The Balaban J connectivity index is 1.09. The van der Waals surface area contributed by atoms with E-state index in [9.17, 15) is 0 Å². The molecular formula is C71H54N12. The lowest BCUT2D eigenvalue weighted by atomic mass is 9.88. The van der Waals surface area contributed by atoms with Gasteiger partial charge in [0.25, 0.3) is 0 Å². The van der Waals surface area contributed by atoms with Crippen LogP contribution in [0.3, 0.4) is 0 Å². The molecule has 0 aliphatic carbocycles. The minimum absolute atomic E-state index is 0.833. The van der Waals surface area contributed by atoms with E-state index in [4.69, 9.17) is 19.9 Å². The summed E-state index contributed by atoms with van der Waals surface area (Å²) in [5, 5.41) is 0. The SMILES string of the molecule is CN1c2ccccc2N(c2cc(-c3ccc(-c4nc5cccnc5n4C)cc3)c(N3c4ccccc4N(C)c4ccccc43)c(-c3ccc(-c4nc5cccnc5n4C)cc3)c2N2c3ccccc3N(C)c3ccccc32)c2ccccc21. The van der Waals surface area contributed by atoms with Crippen LogP contribution in [0, 0.1) is 0 Å². The molecule has 0 saturated heterocycles. The van der Waals surface area contributed by atoms with Crippen LogP contribution in [0.5, 0.6) is 0 Å². The molecule has 0 amide bonds. The number of benzene rings is 9. The number of aromatic nitrogens is 6. The number of nitrogens with zero attached hydrogens (tertiary/aromatic N) is 12. The lowest BCUT2D eigenvalue weighted by molar-refractivity contribution is 0.942. The Bertz CT molecular complexity index is 4610. The van der Waals surface area contributed by atoms with Crippen LogP contribution in [0.2, 0.25) is 0 Å². The van der Waals surface area contributed by atoms with Crippen molar-refractivity contribution in [3.63, 3.8) is 0 Å². The highest BCUT2D eigenvalue weighted by atomic mass is 15.3. The van der Waals surface area contributed by atoms with Gasteiger partial charge in [0.15, 0.2) is 11.3 Å². The van der Waals surface area contributed by atoms with Crippen molar-refractivity contribution in [2.75, 3.05) is 50.5 Å². The Morgan fingerprint density at radius 3 is 0.952 bits per heavy atom. The summed E-state index contributed by atoms with van der Waals surface area (Å²) < 4.78 is 4.17. The van der Waals surface area contributed by atoms with Crippen LogP contribution in [0.15, 0.2) is 237 Å². The van der Waals surface area contributed by atoms with Gasteiger partial charge < -0.3 is 38.5 Å². The van der Waals surface area contributed by atoms with Gasteiger partial charge in [0.1, 0.15) is 22.7 Å². The molecule has 0 fully saturated rings. The molecular weight excluding hydrogens is 1020 g/mol. The standard InChI is InChI=1S/C71H54N12/c1-76-52-22-6-12-28-58(52)81(59-29-13-7-23-53(59)76)64-44-49(45-34-38-47(39-35-45)68-74-50-20-18-42-72-70(50)79(68)4)66(82-60-30-14-8-24-54(60)77(2)55-25-9-15-31-61(55)82)65(46-36-40-48(41-37-46)69-75-51-21-19-43-73-71(51)80(69)5)67(64)83-62-32-16-10-26-56(62)78(3)57-27-11-17-33-63(57)83/h6-44H,1-5H3. The molecule has 0 atom stereocenters. The number of hydrogen-bond donors (Lipinski definition) is 0. The first-order chi connectivity index (χ1) is 40.8. The highest BCUT2D eigenvalue weighted by molar-refractivity contribution is 6.16. The zero-order chi connectivity index (χ0) is 55.6. The number of anilines is 15. The third kappa shape index (κ3) is 7.18. The molecule has 9 aromatic carbocycles. The third-order valence-corrected chi connectivity index (χ3v) is 17.0. The van der Waals surface area contributed by atoms with Gasteiger partial charge in [-0.1, -0.05) is 121 Å². The highest BCUT2D eigenvalue weighted by Crippen LogP contribution is 2.65. The monoisotopic (exact) mass is 1070 g/mol. The maximum atomic E-state index is 5.16. The first-order valence-corrected chi connectivity index (χ1v) is 27.9. The minimum Gasteiger partial charge on any atom is -0.341 e. The predicted octanol–water partition coefficient (Wildman–Crippen LogP) is 17.6. The fourth-order valence-electron chi connectivity index (χ4n) is 13.1. The number of para-hydroxylation sites is 12. The lowest BCUT2D eigenvalue weighted by Gasteiger charge is -2.45. The Morgan fingerprint density at radius 2 is 0.590 bits per heavy atom. The van der Waals surface area contributed by atoms with Gasteiger partial charge in [-0.05, 0) is 114 Å². The minimum atomic E-state index is 0.833. The van der Waals surface area contributed by atoms with Gasteiger partial charge in [0.05, 0.1) is 85.3 Å². The van der Waals surface area contributed by atoms with E-state index in [1.54, 1.807) is 0 Å². The fraction of sp³-hybridized carbons (Fsp3) is 0.0704. The average Bonchev–Trinajstić information content (AvgIpc) is 3.25. The molecule has 0 unspecified atom stereocenters. The molecule has 0 bridgehead atoms. The van der Waals surface area contributed by atoms with Gasteiger partial charge in [0, 0.05) is 69.9 Å². The summed E-state index contributed by atoms with van der Waals surface area (Å²) in [4.78, 5) is 34.3. The summed E-state index contributed by atoms with van der Waals surface area (Å²) in [7, 11) is 10.6. The van der Waals surface area contributed by atoms with E-state index in [1.165, 1.54) is 0 Å². The topological polar surface area (TPSA) is 80.9 Å². The molecule has 3 aliphatic heterocycles. The summed E-state index contributed by atoms with van der Waals surface area (Å²) in [6.45, 7) is 0. The Morgan fingerprint density at radius 1 is 0.277 bits per heavy atom. The van der Waals surface area contributed by atoms with Crippen molar-refractivity contribution in [2.24, 2.45) is 14.1 Å². The highest BCUT2D eigenvalue weighted by Gasteiger charge is 2.40. The van der Waals surface area contributed by atoms with Crippen LogP contribution < -0.4 is 29.4 Å². The van der Waals surface area contributed by atoms with Gasteiger partial charge in [-0.2, -0.15) is 0 Å². The summed E-state index contributed by atoms with van der Waals surface area (Å²) >= 11 is 0. The summed E-state index contributed by atoms with van der Waals surface area (Å²) in [5.74, 6) is 1.68. The largest absolute Gasteiger partial charge is 0.341 e. The van der Waals surface area contributed by atoms with Crippen LogP contribution in [0.4, 0.5) is 85.3 Å². The molecule has 0 N–H and O–H groups in total. The number of pyridine rings is 2. The quantitative estimate of drug-likeness (QED) is 0.154. The molecule has 12 heteroatoms. The van der Waals surface area contributed by atoms with Gasteiger partial charge in [0.2, 0.25) is 0 Å². The molecule has 83 heavy (non-hydrogen) atoms. The number of rotatable bonds is 7. The van der Waals surface area contributed by atoms with Crippen LogP contribution >= 0.6 is 0 Å². The molecule has 12 nitrogen and oxygen atoms in total. The number of hydrogen-bond acceptors (Lipinski definition) is 10. The number of aryl methyl sites for hydroxylation is 2. The lowest BCUT2D eigenvalue weighted by Crippen LogP contribution is -2.29. The van der Waals surface area contributed by atoms with Gasteiger partial charge in [-0.25, -0.2) is 19.9 Å². The molecule has 398 valence electrons. The van der Waals surface area contributed by atoms with Crippen molar-refractivity contribution in [3.05, 3.63) is 237 Å². The maximum absolute atomic E-state index is 5.16. The van der Waals surface area contributed by atoms with Crippen LogP contribution in [-0.4, -0.2) is 50.2 Å². The van der Waals surface area contributed by atoms with E-state index >= 15 is 0 Å². The van der Waals surface area contributed by atoms with Crippen molar-refractivity contribution >= 4 is 108 Å². The van der Waals surface area contributed by atoms with E-state index < -0.39 is 0 Å². The van der Waals surface area contributed by atoms with Crippen LogP contribution in [-0.2, 0) is 14.1 Å². The second-order valence-corrected chi connectivity index (χ2v) is 21.5. The van der Waals surface area contributed by atoms with Gasteiger partial charge in [-0.3, -0.25) is 0 Å². The maximum Gasteiger partial charge on any atom is 0.159 e. The molecule has 0 spiro atoms. The molecule has 3 aliphatic rings. The smallest absolute Gasteiger partial charge is 0.159 e. The van der Waals surface area contributed by atoms with Crippen molar-refractivity contribution in [1.82, 2.24) is 29.1 Å². The molecule has 0 radical (unpaired) electrons. The third-order valence-electron chi connectivity index (χ3n) is 17.0. The van der Waals surface area contributed by atoms with Gasteiger partial charge in [-0.15, -0.1) is 0 Å². The Kier molecular flexibility index (Phi) is 10.7. The first kappa shape index (κ1) is 48.0. The molecule has 7 heterocycles. The average molecular weight is 1080 g/mol. The van der Waals surface area contributed by atoms with E-state index in [0.717, 1.165) is 153 Å². The Labute approximate surface area is 480 Å². The van der Waals surface area contributed by atoms with E-state index in [1.807, 2.05) is 50.8 Å². The number of fused-ring (bicyclic) bond motifs is 8. The Hall–Kier alpha value is -11.0. The second kappa shape index (κ2) is 18.5. The van der Waals surface area contributed by atoms with Crippen molar-refractivity contribution in [1.29, 1.82) is 0 Å². The zero-order valence-corrected chi connectivity index (χ0v) is 46.4. The first-order valence-electron chi connectivity index (χ1n) is 27.9. The molecule has 13 aromatic rings. The molecule has 4 aromatic heterocycles. The fourth-order valence-corrected chi connectivity index (χ4v) is 13.1. The van der Waals surface area contributed by atoms with Crippen molar-refractivity contribution in [3.8, 4) is 45.0 Å². The summed E-state index contributed by atoms with van der Waals surface area (Å²) in [6.07, 6.45) is 3.66. The van der Waals surface area contributed by atoms with Gasteiger partial charge >= 0.3 is 0 Å². The summed E-state index contributed by atoms with van der Waals surface area (Å²) in [6, 6.07) is 81.3.